The maximum atomic E-state index is 10.8. The second kappa shape index (κ2) is 5.52. The number of aliphatic hydroxyl groups excluding tert-OH is 3. The van der Waals surface area contributed by atoms with E-state index in [4.69, 9.17) is 25.1 Å². The fourth-order valence-corrected chi connectivity index (χ4v) is 0.843. The number of ketones is 1. The van der Waals surface area contributed by atoms with Crippen LogP contribution in [0.15, 0.2) is 0 Å². The van der Waals surface area contributed by atoms with Crippen molar-refractivity contribution in [3.63, 3.8) is 0 Å². The molecule has 84 valence electrons. The van der Waals surface area contributed by atoms with Gasteiger partial charge in [-0.1, -0.05) is 0 Å². The monoisotopic (exact) mass is 230 g/mol. The van der Waals surface area contributed by atoms with E-state index in [9.17, 15) is 9.36 Å². The molecule has 9 heteroatoms. The van der Waals surface area contributed by atoms with E-state index < -0.39 is 39.0 Å². The molecule has 5 N–H and O–H groups in total. The molecule has 0 saturated carbocycles. The van der Waals surface area contributed by atoms with E-state index >= 15 is 0 Å². The first-order valence-corrected chi connectivity index (χ1v) is 5.00. The summed E-state index contributed by atoms with van der Waals surface area (Å²) in [5, 5.41) is 26.0. The van der Waals surface area contributed by atoms with Crippen LogP contribution in [0.5, 0.6) is 0 Å². The standard InChI is InChI=1S/C5H11O8P/c6-1-3(7)5(9)4(8)2-13-14(10,11)12/h3,5-7,9H,1-2H2,(H2,10,11,12)/t3-,5+/m1/s1. The van der Waals surface area contributed by atoms with Crippen molar-refractivity contribution >= 4 is 13.6 Å². The first kappa shape index (κ1) is 13.7. The number of carbonyl (C=O) groups excluding carboxylic acids is 1. The molecule has 0 aromatic rings. The van der Waals surface area contributed by atoms with Gasteiger partial charge in [0.2, 0.25) is 0 Å². The summed E-state index contributed by atoms with van der Waals surface area (Å²) in [4.78, 5) is 27.2. The van der Waals surface area contributed by atoms with Gasteiger partial charge in [-0.05, 0) is 0 Å². The van der Waals surface area contributed by atoms with E-state index in [0.29, 0.717) is 0 Å². The number of Topliss-reactive ketones (excluding diaryl/α,β-unsaturated/α-hetero) is 1. The highest BCUT2D eigenvalue weighted by Crippen LogP contribution is 2.35. The predicted octanol–water partition coefficient (Wildman–Crippen LogP) is -2.62. The zero-order valence-corrected chi connectivity index (χ0v) is 7.87. The van der Waals surface area contributed by atoms with Gasteiger partial charge in [0.05, 0.1) is 6.61 Å². The minimum atomic E-state index is -4.77. The number of hydrogen-bond acceptors (Lipinski definition) is 6. The van der Waals surface area contributed by atoms with Gasteiger partial charge in [-0.25, -0.2) is 4.57 Å². The molecule has 0 radical (unpaired) electrons. The number of hydrogen-bond donors (Lipinski definition) is 5. The number of phosphoric acid groups is 1. The van der Waals surface area contributed by atoms with Crippen LogP contribution in [-0.2, 0) is 13.9 Å². The third kappa shape index (κ3) is 5.40. The van der Waals surface area contributed by atoms with Gasteiger partial charge >= 0.3 is 7.82 Å². The summed E-state index contributed by atoms with van der Waals surface area (Å²) < 4.78 is 13.9. The highest BCUT2D eigenvalue weighted by Gasteiger charge is 2.26. The zero-order chi connectivity index (χ0) is 11.4. The summed E-state index contributed by atoms with van der Waals surface area (Å²) in [6.07, 6.45) is -3.62. The van der Waals surface area contributed by atoms with E-state index in [2.05, 4.69) is 4.52 Å². The minimum absolute atomic E-state index is 0.844. The summed E-state index contributed by atoms with van der Waals surface area (Å²) in [6, 6.07) is 0. The van der Waals surface area contributed by atoms with Crippen molar-refractivity contribution in [1.82, 2.24) is 0 Å². The fourth-order valence-electron chi connectivity index (χ4n) is 0.548. The van der Waals surface area contributed by atoms with Gasteiger partial charge in [0.15, 0.2) is 5.78 Å². The summed E-state index contributed by atoms with van der Waals surface area (Å²) in [7, 11) is -4.77. The molecule has 14 heavy (non-hydrogen) atoms. The second-order valence-electron chi connectivity index (χ2n) is 2.43. The van der Waals surface area contributed by atoms with Crippen LogP contribution in [0.2, 0.25) is 0 Å². The molecule has 0 aromatic carbocycles. The molecule has 0 heterocycles. The van der Waals surface area contributed by atoms with Crippen LogP contribution in [0.4, 0.5) is 0 Å². The highest BCUT2D eigenvalue weighted by atomic mass is 31.2. The molecular formula is C5H11O8P. The lowest BCUT2D eigenvalue weighted by atomic mass is 10.1. The SMILES string of the molecule is O=C(COP(=O)(O)O)[C@@H](O)[C@H](O)CO. The van der Waals surface area contributed by atoms with Crippen LogP contribution in [0.1, 0.15) is 0 Å². The molecule has 0 amide bonds. The van der Waals surface area contributed by atoms with Crippen molar-refractivity contribution < 1.29 is 39.0 Å². The molecule has 0 fully saturated rings. The Bertz CT molecular complexity index is 234. The second-order valence-corrected chi connectivity index (χ2v) is 3.66. The van der Waals surface area contributed by atoms with Crippen molar-refractivity contribution in [1.29, 1.82) is 0 Å². The third-order valence-electron chi connectivity index (χ3n) is 1.26. The van der Waals surface area contributed by atoms with Crippen LogP contribution in [0, 0.1) is 0 Å². The Hall–Kier alpha value is -0.340. The molecule has 2 atom stereocenters. The summed E-state index contributed by atoms with van der Waals surface area (Å²) in [6.45, 7) is -1.88. The van der Waals surface area contributed by atoms with Crippen molar-refractivity contribution in [3.8, 4) is 0 Å². The van der Waals surface area contributed by atoms with Crippen molar-refractivity contribution in [2.24, 2.45) is 0 Å². The first-order chi connectivity index (χ1) is 6.28. The van der Waals surface area contributed by atoms with E-state index in [0.717, 1.165) is 0 Å². The average Bonchev–Trinajstić information content (AvgIpc) is 2.10. The Balaban J connectivity index is 4.03. The van der Waals surface area contributed by atoms with Crippen molar-refractivity contribution in [3.05, 3.63) is 0 Å². The molecule has 0 saturated heterocycles. The van der Waals surface area contributed by atoms with Gasteiger partial charge in [0.25, 0.3) is 0 Å². The molecule has 0 aliphatic rings. The van der Waals surface area contributed by atoms with Gasteiger partial charge in [-0.15, -0.1) is 0 Å². The fraction of sp³-hybridized carbons (Fsp3) is 0.800. The third-order valence-corrected chi connectivity index (χ3v) is 1.72. The van der Waals surface area contributed by atoms with E-state index in [1.807, 2.05) is 0 Å². The highest BCUT2D eigenvalue weighted by molar-refractivity contribution is 7.46. The van der Waals surface area contributed by atoms with Gasteiger partial charge < -0.3 is 25.1 Å². The van der Waals surface area contributed by atoms with Crippen LogP contribution in [0.25, 0.3) is 0 Å². The lowest BCUT2D eigenvalue weighted by molar-refractivity contribution is -0.137. The van der Waals surface area contributed by atoms with E-state index in [1.54, 1.807) is 0 Å². The Morgan fingerprint density at radius 1 is 1.36 bits per heavy atom. The van der Waals surface area contributed by atoms with Gasteiger partial charge in [0.1, 0.15) is 18.8 Å². The molecule has 0 aromatic heterocycles. The Morgan fingerprint density at radius 3 is 2.21 bits per heavy atom. The smallest absolute Gasteiger partial charge is 0.394 e. The topological polar surface area (TPSA) is 145 Å². The maximum Gasteiger partial charge on any atom is 0.470 e. The van der Waals surface area contributed by atoms with Crippen molar-refractivity contribution in [2.45, 2.75) is 12.2 Å². The van der Waals surface area contributed by atoms with Gasteiger partial charge in [-0.2, -0.15) is 0 Å². The van der Waals surface area contributed by atoms with Gasteiger partial charge in [0, 0.05) is 0 Å². The molecule has 0 unspecified atom stereocenters. The lowest BCUT2D eigenvalue weighted by Gasteiger charge is -2.14. The Kier molecular flexibility index (Phi) is 5.38. The van der Waals surface area contributed by atoms with Crippen LogP contribution in [0.3, 0.4) is 0 Å². The Morgan fingerprint density at radius 2 is 1.86 bits per heavy atom. The van der Waals surface area contributed by atoms with E-state index in [1.165, 1.54) is 0 Å². The Labute approximate surface area is 79.0 Å². The quantitative estimate of drug-likeness (QED) is 0.312. The number of aliphatic hydroxyl groups is 3. The molecule has 0 aliphatic carbocycles. The summed E-state index contributed by atoms with van der Waals surface area (Å²) >= 11 is 0. The average molecular weight is 230 g/mol. The normalized spacial score (nSPS) is 16.4. The predicted molar refractivity (Wildman–Crippen MR) is 42.1 cm³/mol. The summed E-state index contributed by atoms with van der Waals surface area (Å²) in [5.41, 5.74) is 0. The molecule has 0 spiro atoms. The van der Waals surface area contributed by atoms with E-state index in [-0.39, 0.29) is 0 Å². The molecule has 0 aliphatic heterocycles. The maximum absolute atomic E-state index is 10.8. The molecule has 8 nitrogen and oxygen atoms in total. The minimum Gasteiger partial charge on any atom is -0.394 e. The molecule has 0 bridgehead atoms. The van der Waals surface area contributed by atoms with Crippen molar-refractivity contribution in [2.75, 3.05) is 13.2 Å². The molecular weight excluding hydrogens is 219 g/mol. The van der Waals surface area contributed by atoms with Gasteiger partial charge in [-0.3, -0.25) is 9.32 Å². The van der Waals surface area contributed by atoms with Crippen LogP contribution < -0.4 is 0 Å². The zero-order valence-electron chi connectivity index (χ0n) is 6.98. The van der Waals surface area contributed by atoms with Crippen LogP contribution in [-0.4, -0.2) is 56.3 Å². The number of phosphoric ester groups is 1. The summed E-state index contributed by atoms with van der Waals surface area (Å²) in [5.74, 6) is -1.13. The first-order valence-electron chi connectivity index (χ1n) is 3.47. The molecule has 0 rings (SSSR count). The largest absolute Gasteiger partial charge is 0.470 e. The number of rotatable bonds is 6. The van der Waals surface area contributed by atoms with Crippen LogP contribution >= 0.6 is 7.82 Å². The number of carbonyl (C=O) groups is 1. The lowest BCUT2D eigenvalue weighted by Crippen LogP contribution is -2.38.